The Morgan fingerprint density at radius 3 is 2.62 bits per heavy atom. The molecule has 0 fully saturated rings. The lowest BCUT2D eigenvalue weighted by molar-refractivity contribution is 0.171. The molecule has 0 atom stereocenters. The van der Waals surface area contributed by atoms with Crippen LogP contribution < -0.4 is 26.1 Å². The van der Waals surface area contributed by atoms with Crippen LogP contribution in [-0.4, -0.2) is 23.2 Å². The molecular formula is C14H17N5O2. The van der Waals surface area contributed by atoms with Crippen molar-refractivity contribution in [3.8, 4) is 11.5 Å². The first-order valence-electron chi connectivity index (χ1n) is 6.79. The summed E-state index contributed by atoms with van der Waals surface area (Å²) in [5.74, 6) is 8.87. The number of aromatic nitrogens is 2. The van der Waals surface area contributed by atoms with Crippen molar-refractivity contribution in [2.45, 2.75) is 13.3 Å². The van der Waals surface area contributed by atoms with Gasteiger partial charge in [0.1, 0.15) is 30.7 Å². The van der Waals surface area contributed by atoms with Crippen LogP contribution >= 0.6 is 0 Å². The first kappa shape index (κ1) is 13.4. The van der Waals surface area contributed by atoms with Gasteiger partial charge in [-0.05, 0) is 12.1 Å². The third-order valence-electron chi connectivity index (χ3n) is 3.05. The average molecular weight is 287 g/mol. The normalized spacial score (nSPS) is 12.9. The van der Waals surface area contributed by atoms with Crippen LogP contribution in [-0.2, 0) is 6.42 Å². The third kappa shape index (κ3) is 2.97. The molecule has 3 rings (SSSR count). The zero-order chi connectivity index (χ0) is 14.7. The van der Waals surface area contributed by atoms with Crippen LogP contribution in [0.15, 0.2) is 24.3 Å². The summed E-state index contributed by atoms with van der Waals surface area (Å²) in [4.78, 5) is 8.67. The Bertz CT molecular complexity index is 625. The topological polar surface area (TPSA) is 94.3 Å². The van der Waals surface area contributed by atoms with Crippen LogP contribution in [0.4, 0.5) is 17.3 Å². The van der Waals surface area contributed by atoms with E-state index < -0.39 is 0 Å². The molecule has 0 unspecified atom stereocenters. The van der Waals surface area contributed by atoms with Gasteiger partial charge < -0.3 is 20.2 Å². The number of nitrogens with zero attached hydrogens (tertiary/aromatic N) is 2. The summed E-state index contributed by atoms with van der Waals surface area (Å²) in [7, 11) is 0. The van der Waals surface area contributed by atoms with Gasteiger partial charge in [-0.1, -0.05) is 6.92 Å². The lowest BCUT2D eigenvalue weighted by atomic mass is 10.2. The summed E-state index contributed by atoms with van der Waals surface area (Å²) < 4.78 is 11.1. The molecule has 2 aromatic rings. The van der Waals surface area contributed by atoms with Crippen molar-refractivity contribution in [3.05, 3.63) is 30.1 Å². The fourth-order valence-corrected chi connectivity index (χ4v) is 2.06. The van der Waals surface area contributed by atoms with Crippen molar-refractivity contribution in [2.24, 2.45) is 5.84 Å². The highest BCUT2D eigenvalue weighted by Gasteiger charge is 2.12. The Morgan fingerprint density at radius 1 is 1.10 bits per heavy atom. The van der Waals surface area contributed by atoms with Crippen molar-refractivity contribution >= 4 is 17.3 Å². The number of hydrogen-bond donors (Lipinski definition) is 3. The van der Waals surface area contributed by atoms with Crippen LogP contribution in [0.5, 0.6) is 11.5 Å². The van der Waals surface area contributed by atoms with Gasteiger partial charge >= 0.3 is 0 Å². The zero-order valence-corrected chi connectivity index (χ0v) is 11.7. The molecule has 0 radical (unpaired) electrons. The summed E-state index contributed by atoms with van der Waals surface area (Å²) in [6.07, 6.45) is 0.728. The Labute approximate surface area is 122 Å². The van der Waals surface area contributed by atoms with E-state index in [-0.39, 0.29) is 0 Å². The summed E-state index contributed by atoms with van der Waals surface area (Å²) in [5.41, 5.74) is 3.41. The van der Waals surface area contributed by atoms with Crippen molar-refractivity contribution in [2.75, 3.05) is 24.0 Å². The van der Waals surface area contributed by atoms with Crippen LogP contribution in [0, 0.1) is 0 Å². The van der Waals surface area contributed by atoms with E-state index in [1.54, 1.807) is 6.07 Å². The lowest BCUT2D eigenvalue weighted by Crippen LogP contribution is -2.15. The molecule has 7 nitrogen and oxygen atoms in total. The smallest absolute Gasteiger partial charge is 0.163 e. The molecule has 1 aliphatic rings. The number of aryl methyl sites for hydroxylation is 1. The van der Waals surface area contributed by atoms with Gasteiger partial charge in [0.25, 0.3) is 0 Å². The number of rotatable bonds is 4. The Kier molecular flexibility index (Phi) is 3.74. The molecule has 0 saturated carbocycles. The molecule has 21 heavy (non-hydrogen) atoms. The summed E-state index contributed by atoms with van der Waals surface area (Å²) in [5, 5.41) is 3.22. The fraction of sp³-hybridized carbons (Fsp3) is 0.286. The first-order valence-corrected chi connectivity index (χ1v) is 6.79. The number of nitrogen functional groups attached to an aromatic ring is 1. The number of hydrogen-bond acceptors (Lipinski definition) is 7. The number of anilines is 3. The fourth-order valence-electron chi connectivity index (χ4n) is 2.06. The van der Waals surface area contributed by atoms with E-state index in [0.717, 1.165) is 23.6 Å². The predicted octanol–water partition coefficient (Wildman–Crippen LogP) is 1.84. The minimum atomic E-state index is 0.561. The number of nitrogens with two attached hydrogens (primary N) is 1. The quantitative estimate of drug-likeness (QED) is 0.583. The maximum atomic E-state index is 5.56. The molecule has 0 saturated heterocycles. The van der Waals surface area contributed by atoms with E-state index >= 15 is 0 Å². The van der Waals surface area contributed by atoms with E-state index in [0.29, 0.717) is 30.7 Å². The highest BCUT2D eigenvalue weighted by atomic mass is 16.6. The number of nitrogens with one attached hydrogen (secondary N) is 2. The van der Waals surface area contributed by atoms with E-state index in [2.05, 4.69) is 20.7 Å². The predicted molar refractivity (Wildman–Crippen MR) is 79.9 cm³/mol. The van der Waals surface area contributed by atoms with Crippen LogP contribution in [0.25, 0.3) is 0 Å². The van der Waals surface area contributed by atoms with Gasteiger partial charge in [-0.15, -0.1) is 0 Å². The molecule has 7 heteroatoms. The van der Waals surface area contributed by atoms with Crippen molar-refractivity contribution in [1.29, 1.82) is 0 Å². The first-order chi connectivity index (χ1) is 10.3. The maximum Gasteiger partial charge on any atom is 0.163 e. The Balaban J connectivity index is 1.86. The molecule has 110 valence electrons. The molecular weight excluding hydrogens is 270 g/mol. The SMILES string of the molecule is CCc1nc(NN)cc(Nc2ccc3c(c2)OCCO3)n1. The number of benzene rings is 1. The van der Waals surface area contributed by atoms with Crippen LogP contribution in [0.2, 0.25) is 0 Å². The lowest BCUT2D eigenvalue weighted by Gasteiger charge is -2.19. The summed E-state index contributed by atoms with van der Waals surface area (Å²) in [6, 6.07) is 7.42. The Hall–Kier alpha value is -2.54. The number of ether oxygens (including phenoxy) is 2. The van der Waals surface area contributed by atoms with Crippen molar-refractivity contribution in [3.63, 3.8) is 0 Å². The molecule has 4 N–H and O–H groups in total. The van der Waals surface area contributed by atoms with Gasteiger partial charge in [0.2, 0.25) is 0 Å². The van der Waals surface area contributed by atoms with Gasteiger partial charge in [0.05, 0.1) is 0 Å². The second-order valence-electron chi connectivity index (χ2n) is 4.54. The summed E-state index contributed by atoms with van der Waals surface area (Å²) in [6.45, 7) is 3.13. The third-order valence-corrected chi connectivity index (χ3v) is 3.05. The van der Waals surface area contributed by atoms with Gasteiger partial charge in [-0.2, -0.15) is 0 Å². The molecule has 0 spiro atoms. The molecule has 0 aliphatic carbocycles. The molecule has 0 amide bonds. The molecule has 1 aromatic heterocycles. The van der Waals surface area contributed by atoms with E-state index in [9.17, 15) is 0 Å². The minimum Gasteiger partial charge on any atom is -0.486 e. The van der Waals surface area contributed by atoms with Crippen molar-refractivity contribution in [1.82, 2.24) is 9.97 Å². The molecule has 1 aliphatic heterocycles. The van der Waals surface area contributed by atoms with E-state index in [4.69, 9.17) is 15.3 Å². The van der Waals surface area contributed by atoms with E-state index in [1.807, 2.05) is 25.1 Å². The van der Waals surface area contributed by atoms with Crippen LogP contribution in [0.3, 0.4) is 0 Å². The van der Waals surface area contributed by atoms with Crippen molar-refractivity contribution < 1.29 is 9.47 Å². The number of hydrazine groups is 1. The van der Waals surface area contributed by atoms with Crippen LogP contribution in [0.1, 0.15) is 12.7 Å². The minimum absolute atomic E-state index is 0.561. The zero-order valence-electron chi connectivity index (χ0n) is 11.7. The average Bonchev–Trinajstić information content (AvgIpc) is 2.54. The molecule has 0 bridgehead atoms. The maximum absolute atomic E-state index is 5.56. The monoisotopic (exact) mass is 287 g/mol. The van der Waals surface area contributed by atoms with Gasteiger partial charge in [0, 0.05) is 24.2 Å². The highest BCUT2D eigenvalue weighted by Crippen LogP contribution is 2.33. The van der Waals surface area contributed by atoms with Gasteiger partial charge in [-0.25, -0.2) is 15.8 Å². The number of fused-ring (bicyclic) bond motifs is 1. The second-order valence-corrected chi connectivity index (χ2v) is 4.54. The van der Waals surface area contributed by atoms with Gasteiger partial charge in [0.15, 0.2) is 11.5 Å². The highest BCUT2D eigenvalue weighted by molar-refractivity contribution is 5.63. The Morgan fingerprint density at radius 2 is 1.86 bits per heavy atom. The van der Waals surface area contributed by atoms with E-state index in [1.165, 1.54) is 0 Å². The standard InChI is InChI=1S/C14H17N5O2/c1-2-12-17-13(8-14(18-12)19-15)16-9-3-4-10-11(7-9)21-6-5-20-10/h3-4,7-8H,2,5-6,15H2,1H3,(H2,16,17,18,19). The molecule has 2 heterocycles. The largest absolute Gasteiger partial charge is 0.486 e. The second kappa shape index (κ2) is 5.84. The summed E-state index contributed by atoms with van der Waals surface area (Å²) >= 11 is 0. The van der Waals surface area contributed by atoms with Gasteiger partial charge in [-0.3, -0.25) is 0 Å². The molecule has 1 aromatic carbocycles.